The van der Waals surface area contributed by atoms with E-state index in [0.717, 1.165) is 38.5 Å². The first-order chi connectivity index (χ1) is 17.6. The van der Waals surface area contributed by atoms with Gasteiger partial charge in [0.2, 0.25) is 5.91 Å². The van der Waals surface area contributed by atoms with Crippen molar-refractivity contribution in [2.75, 3.05) is 0 Å². The van der Waals surface area contributed by atoms with Crippen LogP contribution >= 0.6 is 0 Å². The number of aromatic amines is 1. The lowest BCUT2D eigenvalue weighted by Crippen LogP contribution is -2.26. The third kappa shape index (κ3) is 3.67. The van der Waals surface area contributed by atoms with Crippen LogP contribution in [0.5, 0.6) is 0 Å². The van der Waals surface area contributed by atoms with Gasteiger partial charge in [-0.1, -0.05) is 67.6 Å². The van der Waals surface area contributed by atoms with Crippen LogP contribution in [0.3, 0.4) is 0 Å². The summed E-state index contributed by atoms with van der Waals surface area (Å²) in [5, 5.41) is 8.28. The highest BCUT2D eigenvalue weighted by Crippen LogP contribution is 2.37. The van der Waals surface area contributed by atoms with Crippen molar-refractivity contribution in [2.45, 2.75) is 25.8 Å². The fraction of sp³-hybridized carbons (Fsp3) is 0.133. The molecule has 0 saturated heterocycles. The second-order valence-corrected chi connectivity index (χ2v) is 8.93. The predicted octanol–water partition coefficient (Wildman–Crippen LogP) is 5.83. The Morgan fingerprint density at radius 1 is 0.972 bits per heavy atom. The highest BCUT2D eigenvalue weighted by molar-refractivity contribution is 6.12. The lowest BCUT2D eigenvalue weighted by Gasteiger charge is -2.21. The number of nitrogens with one attached hydrogen (secondary N) is 1. The molecule has 3 aromatic carbocycles. The molecule has 0 unspecified atom stereocenters. The topological polar surface area (TPSA) is 78.4 Å². The van der Waals surface area contributed by atoms with Gasteiger partial charge in [-0.2, -0.15) is 5.10 Å². The number of nitrogens with zero attached hydrogens (tertiary/aromatic N) is 3. The van der Waals surface area contributed by atoms with Gasteiger partial charge in [-0.05, 0) is 35.4 Å². The summed E-state index contributed by atoms with van der Waals surface area (Å²) in [4.78, 5) is 34.0. The Hall–Kier alpha value is -4.58. The lowest BCUT2D eigenvalue weighted by molar-refractivity contribution is -0.132. The van der Waals surface area contributed by atoms with Crippen LogP contribution in [0.1, 0.15) is 36.9 Å². The van der Waals surface area contributed by atoms with Gasteiger partial charge >= 0.3 is 0 Å². The van der Waals surface area contributed by atoms with Crippen LogP contribution in [-0.4, -0.2) is 26.6 Å². The number of carbonyl (C=O) groups excluding carboxylic acids is 1. The Morgan fingerprint density at radius 3 is 2.61 bits per heavy atom. The Kier molecular flexibility index (Phi) is 5.41. The van der Waals surface area contributed by atoms with Crippen molar-refractivity contribution >= 4 is 33.4 Å². The number of aromatic nitrogens is 2. The molecule has 0 spiro atoms. The molecule has 6 heteroatoms. The van der Waals surface area contributed by atoms with E-state index in [2.05, 4.69) is 16.0 Å². The number of H-pyrrole nitrogens is 1. The molecule has 6 nitrogen and oxygen atoms in total. The van der Waals surface area contributed by atoms with Crippen LogP contribution in [0, 0.1) is 0 Å². The monoisotopic (exact) mass is 472 g/mol. The summed E-state index contributed by atoms with van der Waals surface area (Å²) in [6.45, 7) is 1.83. The Bertz CT molecular complexity index is 1710. The van der Waals surface area contributed by atoms with E-state index in [1.807, 2.05) is 85.8 Å². The average Bonchev–Trinajstić information content (AvgIpc) is 3.37. The van der Waals surface area contributed by atoms with Crippen LogP contribution in [0.4, 0.5) is 0 Å². The quantitative estimate of drug-likeness (QED) is 0.357. The molecule has 1 aliphatic rings. The van der Waals surface area contributed by atoms with Gasteiger partial charge in [0.05, 0.1) is 22.8 Å². The molecule has 0 aliphatic carbocycles. The largest absolute Gasteiger partial charge is 0.321 e. The van der Waals surface area contributed by atoms with E-state index in [1.54, 1.807) is 11.2 Å². The van der Waals surface area contributed by atoms with Gasteiger partial charge in [0.1, 0.15) is 0 Å². The maximum absolute atomic E-state index is 13.5. The van der Waals surface area contributed by atoms with E-state index in [1.165, 1.54) is 0 Å². The summed E-state index contributed by atoms with van der Waals surface area (Å²) in [6.07, 6.45) is 2.53. The fourth-order valence-corrected chi connectivity index (χ4v) is 5.04. The molecule has 6 rings (SSSR count). The number of pyridine rings is 2. The zero-order valence-corrected chi connectivity index (χ0v) is 19.8. The zero-order chi connectivity index (χ0) is 24.6. The van der Waals surface area contributed by atoms with Gasteiger partial charge in [-0.3, -0.25) is 14.6 Å². The van der Waals surface area contributed by atoms with Crippen molar-refractivity contribution < 1.29 is 4.79 Å². The number of hydrazone groups is 1. The molecular weight excluding hydrogens is 448 g/mol. The van der Waals surface area contributed by atoms with Crippen molar-refractivity contribution in [1.29, 1.82) is 0 Å². The highest BCUT2D eigenvalue weighted by Gasteiger charge is 2.35. The first-order valence-corrected chi connectivity index (χ1v) is 12.1. The summed E-state index contributed by atoms with van der Waals surface area (Å²) in [5.41, 5.74) is 5.31. The molecule has 5 aromatic rings. The van der Waals surface area contributed by atoms with Crippen LogP contribution in [-0.2, 0) is 4.79 Å². The number of fused-ring (bicyclic) bond motifs is 2. The minimum Gasteiger partial charge on any atom is -0.321 e. The Morgan fingerprint density at radius 2 is 1.78 bits per heavy atom. The van der Waals surface area contributed by atoms with Gasteiger partial charge in [-0.25, -0.2) is 5.01 Å². The molecule has 1 N–H and O–H groups in total. The van der Waals surface area contributed by atoms with Crippen molar-refractivity contribution in [3.63, 3.8) is 0 Å². The standard InChI is InChI=1S/C30H24N4O2/c1-2-27(35)34-26(21-14-15-23-20(17-21)11-8-16-31-23)18-25(33-34)29-28(19-9-4-3-5-10-19)22-12-6-7-13-24(22)32-30(29)36/h3-17,26H,2,18H2,1H3,(H,32,36)/t26-/m1/s1. The van der Waals surface area contributed by atoms with E-state index in [0.29, 0.717) is 24.1 Å². The van der Waals surface area contributed by atoms with Crippen molar-refractivity contribution in [1.82, 2.24) is 15.0 Å². The van der Waals surface area contributed by atoms with Gasteiger partial charge in [-0.15, -0.1) is 0 Å². The fourth-order valence-electron chi connectivity index (χ4n) is 5.04. The second-order valence-electron chi connectivity index (χ2n) is 8.93. The summed E-state index contributed by atoms with van der Waals surface area (Å²) in [5.74, 6) is -0.0836. The first-order valence-electron chi connectivity index (χ1n) is 12.1. The molecule has 36 heavy (non-hydrogen) atoms. The van der Waals surface area contributed by atoms with Gasteiger partial charge in [0, 0.05) is 40.9 Å². The maximum Gasteiger partial charge on any atom is 0.258 e. The summed E-state index contributed by atoms with van der Waals surface area (Å²) < 4.78 is 0. The van der Waals surface area contributed by atoms with Crippen LogP contribution in [0.2, 0.25) is 0 Å². The number of rotatable bonds is 4. The Labute approximate surface area is 207 Å². The zero-order valence-electron chi connectivity index (χ0n) is 19.8. The number of amides is 1. The van der Waals surface area contributed by atoms with E-state index in [9.17, 15) is 9.59 Å². The number of para-hydroxylation sites is 1. The number of hydrogen-bond acceptors (Lipinski definition) is 4. The molecule has 1 aliphatic heterocycles. The van der Waals surface area contributed by atoms with Crippen molar-refractivity contribution in [3.05, 3.63) is 113 Å². The minimum atomic E-state index is -0.299. The van der Waals surface area contributed by atoms with Gasteiger partial charge in [0.25, 0.3) is 5.56 Å². The van der Waals surface area contributed by atoms with Crippen LogP contribution < -0.4 is 5.56 Å². The normalized spacial score (nSPS) is 15.4. The van der Waals surface area contributed by atoms with E-state index >= 15 is 0 Å². The van der Waals surface area contributed by atoms with E-state index < -0.39 is 0 Å². The smallest absolute Gasteiger partial charge is 0.258 e. The number of benzene rings is 3. The molecule has 0 radical (unpaired) electrons. The predicted molar refractivity (Wildman–Crippen MR) is 143 cm³/mol. The molecule has 1 atom stereocenters. The first kappa shape index (κ1) is 21.9. The van der Waals surface area contributed by atoms with E-state index in [4.69, 9.17) is 5.10 Å². The Balaban J connectivity index is 1.54. The van der Waals surface area contributed by atoms with Crippen molar-refractivity contribution in [3.8, 4) is 11.1 Å². The number of carbonyl (C=O) groups is 1. The third-order valence-electron chi connectivity index (χ3n) is 6.75. The second kappa shape index (κ2) is 8.89. The summed E-state index contributed by atoms with van der Waals surface area (Å²) in [6, 6.07) is 27.3. The maximum atomic E-state index is 13.5. The highest BCUT2D eigenvalue weighted by atomic mass is 16.2. The van der Waals surface area contributed by atoms with Crippen molar-refractivity contribution in [2.24, 2.45) is 5.10 Å². The third-order valence-corrected chi connectivity index (χ3v) is 6.75. The lowest BCUT2D eigenvalue weighted by atomic mass is 9.91. The van der Waals surface area contributed by atoms with Gasteiger partial charge < -0.3 is 4.98 Å². The van der Waals surface area contributed by atoms with Crippen LogP contribution in [0.15, 0.2) is 101 Å². The molecule has 176 valence electrons. The molecule has 0 fully saturated rings. The molecule has 2 aromatic heterocycles. The molecule has 1 amide bonds. The molecule has 3 heterocycles. The summed E-state index contributed by atoms with van der Waals surface area (Å²) in [7, 11) is 0. The van der Waals surface area contributed by atoms with Crippen LogP contribution in [0.25, 0.3) is 32.9 Å². The molecule has 0 bridgehead atoms. The summed E-state index contributed by atoms with van der Waals surface area (Å²) >= 11 is 0. The number of hydrogen-bond donors (Lipinski definition) is 1. The molecule has 0 saturated carbocycles. The molecular formula is C30H24N4O2. The van der Waals surface area contributed by atoms with Gasteiger partial charge in [0.15, 0.2) is 0 Å². The van der Waals surface area contributed by atoms with E-state index in [-0.39, 0.29) is 17.5 Å². The minimum absolute atomic E-state index is 0.0836. The average molecular weight is 473 g/mol. The SMILES string of the molecule is CCC(=O)N1N=C(c2c(-c3ccccc3)c3ccccc3[nH]c2=O)C[C@@H]1c1ccc2ncccc2c1.